The molecule has 0 rings (SSSR count). The van der Waals surface area contributed by atoms with Crippen molar-refractivity contribution in [1.29, 1.82) is 0 Å². The van der Waals surface area contributed by atoms with Gasteiger partial charge in [-0.2, -0.15) is 0 Å². The van der Waals surface area contributed by atoms with E-state index in [9.17, 15) is 0 Å². The molecule has 0 bridgehead atoms. The van der Waals surface area contributed by atoms with Crippen LogP contribution in [-0.2, 0) is 0 Å². The molecular formula is C8H23N. The van der Waals surface area contributed by atoms with E-state index in [1.54, 1.807) is 0 Å². The van der Waals surface area contributed by atoms with Crippen LogP contribution in [0.5, 0.6) is 0 Å². The molecule has 0 atom stereocenters. The molecule has 0 radical (unpaired) electrons. The van der Waals surface area contributed by atoms with Gasteiger partial charge in [0.25, 0.3) is 0 Å². The normalized spacial score (nSPS) is 8.67. The first-order valence-corrected chi connectivity index (χ1v) is 3.89. The first-order chi connectivity index (χ1) is 4.18. The van der Waals surface area contributed by atoms with Crippen molar-refractivity contribution in [2.24, 2.45) is 11.7 Å². The maximum Gasteiger partial charge on any atom is 0 e. The fraction of sp³-hybridized carbons (Fsp3) is 1.00. The van der Waals surface area contributed by atoms with Crippen molar-refractivity contribution < 1.29 is 1.43 Å². The fourth-order valence-corrected chi connectivity index (χ4v) is 0.333. The lowest BCUT2D eigenvalue weighted by Crippen LogP contribution is -2.01. The van der Waals surface area contributed by atoms with Gasteiger partial charge < -0.3 is 5.73 Å². The number of nitrogens with two attached hydrogens (primary N) is 1. The van der Waals surface area contributed by atoms with E-state index in [0.29, 0.717) is 0 Å². The predicted molar refractivity (Wildman–Crippen MR) is 46.6 cm³/mol. The minimum Gasteiger partial charge on any atom is -0.330 e. The van der Waals surface area contributed by atoms with Gasteiger partial charge in [-0.1, -0.05) is 34.1 Å². The smallest absolute Gasteiger partial charge is 0 e. The molecule has 0 aliphatic carbocycles. The highest BCUT2D eigenvalue weighted by molar-refractivity contribution is 4.42. The molecular weight excluding hydrogens is 110 g/mol. The van der Waals surface area contributed by atoms with Crippen LogP contribution in [0.2, 0.25) is 0 Å². The Morgan fingerprint density at radius 3 is 1.67 bits per heavy atom. The van der Waals surface area contributed by atoms with Gasteiger partial charge in [0.2, 0.25) is 0 Å². The zero-order chi connectivity index (χ0) is 7.70. The van der Waals surface area contributed by atoms with Crippen molar-refractivity contribution in [1.82, 2.24) is 0 Å². The van der Waals surface area contributed by atoms with E-state index in [4.69, 9.17) is 5.73 Å². The standard InChI is InChI=1S/C5H13N.C3H8.H2/c1-5(2)3-4-6;1-3-2;/h5H,3-4,6H2,1-2H3;3H2,1-2H3;1H. The van der Waals surface area contributed by atoms with Gasteiger partial charge in [-0.25, -0.2) is 0 Å². The quantitative estimate of drug-likeness (QED) is 0.615. The Morgan fingerprint density at radius 2 is 1.67 bits per heavy atom. The summed E-state index contributed by atoms with van der Waals surface area (Å²) in [6, 6.07) is 0. The summed E-state index contributed by atoms with van der Waals surface area (Å²) in [5, 5.41) is 0. The Kier molecular flexibility index (Phi) is 14.1. The van der Waals surface area contributed by atoms with Crippen LogP contribution in [0.4, 0.5) is 0 Å². The second-order valence-corrected chi connectivity index (χ2v) is 2.68. The lowest BCUT2D eigenvalue weighted by atomic mass is 10.1. The molecule has 1 nitrogen and oxygen atoms in total. The van der Waals surface area contributed by atoms with Crippen LogP contribution in [0.25, 0.3) is 0 Å². The summed E-state index contributed by atoms with van der Waals surface area (Å²) in [5.74, 6) is 0.773. The van der Waals surface area contributed by atoms with E-state index in [2.05, 4.69) is 27.7 Å². The maximum atomic E-state index is 5.23. The molecule has 0 aromatic heterocycles. The minimum absolute atomic E-state index is 0. The molecule has 1 heteroatoms. The third-order valence-corrected chi connectivity index (χ3v) is 0.744. The van der Waals surface area contributed by atoms with Crippen molar-refractivity contribution in [3.8, 4) is 0 Å². The Morgan fingerprint density at radius 1 is 1.33 bits per heavy atom. The summed E-state index contributed by atoms with van der Waals surface area (Å²) in [5.41, 5.74) is 5.23. The van der Waals surface area contributed by atoms with E-state index in [-0.39, 0.29) is 1.43 Å². The average Bonchev–Trinajstić information content (AvgIpc) is 1.67. The average molecular weight is 133 g/mol. The highest BCUT2D eigenvalue weighted by atomic mass is 14.5. The van der Waals surface area contributed by atoms with E-state index in [1.807, 2.05) is 0 Å². The molecule has 0 saturated heterocycles. The summed E-state index contributed by atoms with van der Waals surface area (Å²) < 4.78 is 0. The second-order valence-electron chi connectivity index (χ2n) is 2.68. The highest BCUT2D eigenvalue weighted by Gasteiger charge is 1.85. The van der Waals surface area contributed by atoms with Gasteiger partial charge in [-0.3, -0.25) is 0 Å². The number of hydrogen-bond acceptors (Lipinski definition) is 1. The monoisotopic (exact) mass is 133 g/mol. The van der Waals surface area contributed by atoms with Gasteiger partial charge in [-0.15, -0.1) is 0 Å². The van der Waals surface area contributed by atoms with Gasteiger partial charge in [0.05, 0.1) is 0 Å². The van der Waals surface area contributed by atoms with Crippen molar-refractivity contribution in [3.05, 3.63) is 0 Å². The zero-order valence-corrected chi connectivity index (χ0v) is 7.28. The van der Waals surface area contributed by atoms with E-state index in [0.717, 1.165) is 18.9 Å². The zero-order valence-electron chi connectivity index (χ0n) is 7.28. The van der Waals surface area contributed by atoms with Crippen molar-refractivity contribution in [2.75, 3.05) is 6.54 Å². The van der Waals surface area contributed by atoms with Gasteiger partial charge in [0, 0.05) is 1.43 Å². The number of rotatable bonds is 2. The van der Waals surface area contributed by atoms with Crippen LogP contribution in [0, 0.1) is 5.92 Å². The first kappa shape index (κ1) is 11.7. The molecule has 0 spiro atoms. The van der Waals surface area contributed by atoms with Gasteiger partial charge >= 0.3 is 0 Å². The van der Waals surface area contributed by atoms with Gasteiger partial charge in [0.15, 0.2) is 0 Å². The summed E-state index contributed by atoms with van der Waals surface area (Å²) in [4.78, 5) is 0. The Bertz CT molecular complexity index is 38.2. The van der Waals surface area contributed by atoms with Crippen LogP contribution >= 0.6 is 0 Å². The Balaban J connectivity index is -0.000000107. The molecule has 0 aromatic rings. The Hall–Kier alpha value is -0.0400. The molecule has 0 heterocycles. The molecule has 0 aliphatic rings. The third-order valence-electron chi connectivity index (χ3n) is 0.744. The number of hydrogen-bond donors (Lipinski definition) is 1. The second kappa shape index (κ2) is 10.9. The molecule has 9 heavy (non-hydrogen) atoms. The molecule has 60 valence electrons. The van der Waals surface area contributed by atoms with Crippen molar-refractivity contribution in [2.45, 2.75) is 40.5 Å². The topological polar surface area (TPSA) is 26.0 Å². The minimum atomic E-state index is 0. The van der Waals surface area contributed by atoms with E-state index >= 15 is 0 Å². The molecule has 2 N–H and O–H groups in total. The summed E-state index contributed by atoms with van der Waals surface area (Å²) >= 11 is 0. The van der Waals surface area contributed by atoms with Crippen molar-refractivity contribution >= 4 is 0 Å². The highest BCUT2D eigenvalue weighted by Crippen LogP contribution is 1.93. The van der Waals surface area contributed by atoms with Crippen LogP contribution in [0.15, 0.2) is 0 Å². The van der Waals surface area contributed by atoms with Crippen LogP contribution < -0.4 is 5.73 Å². The SMILES string of the molecule is CC(C)CCN.CCC.[HH]. The molecule has 0 unspecified atom stereocenters. The summed E-state index contributed by atoms with van der Waals surface area (Å²) in [6.07, 6.45) is 2.40. The summed E-state index contributed by atoms with van der Waals surface area (Å²) in [7, 11) is 0. The lowest BCUT2D eigenvalue weighted by molar-refractivity contribution is 0.596. The first-order valence-electron chi connectivity index (χ1n) is 3.89. The van der Waals surface area contributed by atoms with E-state index in [1.165, 1.54) is 6.42 Å². The van der Waals surface area contributed by atoms with Gasteiger partial charge in [0.1, 0.15) is 0 Å². The summed E-state index contributed by atoms with van der Waals surface area (Å²) in [6.45, 7) is 9.43. The van der Waals surface area contributed by atoms with Crippen LogP contribution in [-0.4, -0.2) is 6.54 Å². The molecule has 0 saturated carbocycles. The van der Waals surface area contributed by atoms with Crippen LogP contribution in [0.3, 0.4) is 0 Å². The van der Waals surface area contributed by atoms with Gasteiger partial charge in [-0.05, 0) is 18.9 Å². The molecule has 0 aliphatic heterocycles. The largest absolute Gasteiger partial charge is 0.330 e. The lowest BCUT2D eigenvalue weighted by Gasteiger charge is -1.96. The van der Waals surface area contributed by atoms with E-state index < -0.39 is 0 Å². The fourth-order valence-electron chi connectivity index (χ4n) is 0.333. The maximum absolute atomic E-state index is 5.23. The molecule has 0 fully saturated rings. The van der Waals surface area contributed by atoms with Crippen molar-refractivity contribution in [3.63, 3.8) is 0 Å². The predicted octanol–water partition coefficient (Wildman–Crippen LogP) is 2.65. The van der Waals surface area contributed by atoms with Crippen LogP contribution in [0.1, 0.15) is 42.0 Å². The molecule has 0 amide bonds. The third kappa shape index (κ3) is 32.3. The Labute approximate surface area is 61.1 Å². The molecule has 0 aromatic carbocycles.